The van der Waals surface area contributed by atoms with E-state index in [0.717, 1.165) is 28.4 Å². The third-order valence-corrected chi connectivity index (χ3v) is 5.52. The van der Waals surface area contributed by atoms with Crippen LogP contribution >= 0.6 is 15.9 Å². The predicted octanol–water partition coefficient (Wildman–Crippen LogP) is 6.52. The fraction of sp³-hybridized carbons (Fsp3) is 0.429. The monoisotopic (exact) mass is 408 g/mol. The van der Waals surface area contributed by atoms with E-state index >= 15 is 0 Å². The molecular formula is C21H26BrFO2. The molecule has 0 heterocycles. The average Bonchev–Trinajstić information content (AvgIpc) is 2.62. The van der Waals surface area contributed by atoms with Crippen molar-refractivity contribution in [1.82, 2.24) is 0 Å². The third-order valence-electron chi connectivity index (χ3n) is 4.87. The van der Waals surface area contributed by atoms with Crippen LogP contribution in [0.2, 0.25) is 0 Å². The zero-order chi connectivity index (χ0) is 18.6. The van der Waals surface area contributed by atoms with Crippen LogP contribution in [0.5, 0.6) is 5.75 Å². The summed E-state index contributed by atoms with van der Waals surface area (Å²) >= 11 is 3.51. The second-order valence-corrected chi connectivity index (χ2v) is 7.42. The Morgan fingerprint density at radius 3 is 2.36 bits per heavy atom. The second-order valence-electron chi connectivity index (χ2n) is 6.86. The molecule has 2 rings (SSSR count). The Balaban J connectivity index is 2.71. The van der Waals surface area contributed by atoms with Crippen molar-refractivity contribution in [3.05, 3.63) is 53.3 Å². The van der Waals surface area contributed by atoms with Gasteiger partial charge in [0, 0.05) is 18.0 Å². The van der Waals surface area contributed by atoms with Crippen molar-refractivity contribution in [3.8, 4) is 16.9 Å². The highest BCUT2D eigenvalue weighted by Gasteiger charge is 2.31. The standard InChI is InChI=1S/C21H26BrFO2/c1-6-21(2,3)20(25-5)18-11-14(13-22)7-9-16(18)17-12-15(24-4)8-10-19(17)23/h7-12,20H,6,13H2,1-5H3. The number of methoxy groups -OCH3 is 2. The number of hydrogen-bond donors (Lipinski definition) is 0. The van der Waals surface area contributed by atoms with Gasteiger partial charge < -0.3 is 9.47 Å². The van der Waals surface area contributed by atoms with Crippen molar-refractivity contribution in [2.24, 2.45) is 5.41 Å². The molecule has 0 spiro atoms. The molecule has 0 aliphatic heterocycles. The van der Waals surface area contributed by atoms with Crippen molar-refractivity contribution >= 4 is 15.9 Å². The first-order valence-corrected chi connectivity index (χ1v) is 9.55. The van der Waals surface area contributed by atoms with E-state index in [1.54, 1.807) is 26.4 Å². The zero-order valence-corrected chi connectivity index (χ0v) is 17.1. The van der Waals surface area contributed by atoms with E-state index < -0.39 is 0 Å². The molecule has 1 unspecified atom stereocenters. The Morgan fingerprint density at radius 2 is 1.80 bits per heavy atom. The topological polar surface area (TPSA) is 18.5 Å². The molecule has 4 heteroatoms. The van der Waals surface area contributed by atoms with Crippen molar-refractivity contribution in [2.45, 2.75) is 38.6 Å². The quantitative estimate of drug-likeness (QED) is 0.485. The first kappa shape index (κ1) is 19.9. The van der Waals surface area contributed by atoms with E-state index in [0.29, 0.717) is 11.3 Å². The Bertz CT molecular complexity index is 728. The van der Waals surface area contributed by atoms with Gasteiger partial charge in [0.05, 0.1) is 13.2 Å². The zero-order valence-electron chi connectivity index (χ0n) is 15.5. The van der Waals surface area contributed by atoms with Gasteiger partial charge in [-0.2, -0.15) is 0 Å². The molecule has 2 nitrogen and oxygen atoms in total. The van der Waals surface area contributed by atoms with E-state index in [2.05, 4.69) is 42.8 Å². The lowest BCUT2D eigenvalue weighted by Crippen LogP contribution is -2.23. The number of rotatable bonds is 7. The smallest absolute Gasteiger partial charge is 0.131 e. The van der Waals surface area contributed by atoms with E-state index in [1.165, 1.54) is 6.07 Å². The van der Waals surface area contributed by atoms with Crippen LogP contribution in [0.1, 0.15) is 44.4 Å². The molecule has 0 N–H and O–H groups in total. The van der Waals surface area contributed by atoms with E-state index in [1.807, 2.05) is 12.1 Å². The van der Waals surface area contributed by atoms with Crippen LogP contribution in [-0.4, -0.2) is 14.2 Å². The van der Waals surface area contributed by atoms with Gasteiger partial charge in [0.2, 0.25) is 0 Å². The molecule has 25 heavy (non-hydrogen) atoms. The minimum Gasteiger partial charge on any atom is -0.497 e. The summed E-state index contributed by atoms with van der Waals surface area (Å²) < 4.78 is 25.8. The maximum Gasteiger partial charge on any atom is 0.131 e. The van der Waals surface area contributed by atoms with Crippen molar-refractivity contribution < 1.29 is 13.9 Å². The van der Waals surface area contributed by atoms with Crippen LogP contribution in [-0.2, 0) is 10.1 Å². The van der Waals surface area contributed by atoms with Gasteiger partial charge in [-0.15, -0.1) is 0 Å². The van der Waals surface area contributed by atoms with Crippen molar-refractivity contribution in [2.75, 3.05) is 14.2 Å². The highest BCUT2D eigenvalue weighted by atomic mass is 79.9. The molecule has 0 fully saturated rings. The molecule has 0 aliphatic carbocycles. The summed E-state index contributed by atoms with van der Waals surface area (Å²) in [5, 5.41) is 0.740. The summed E-state index contributed by atoms with van der Waals surface area (Å²) in [4.78, 5) is 0. The number of ether oxygens (including phenoxy) is 2. The average molecular weight is 409 g/mol. The molecule has 0 saturated heterocycles. The van der Waals surface area contributed by atoms with Gasteiger partial charge in [-0.1, -0.05) is 54.9 Å². The Morgan fingerprint density at radius 1 is 1.08 bits per heavy atom. The molecule has 1 atom stereocenters. The van der Waals surface area contributed by atoms with Crippen LogP contribution < -0.4 is 4.74 Å². The fourth-order valence-corrected chi connectivity index (χ4v) is 3.40. The first-order valence-electron chi connectivity index (χ1n) is 8.43. The van der Waals surface area contributed by atoms with Gasteiger partial charge in [0.1, 0.15) is 11.6 Å². The minimum absolute atomic E-state index is 0.0796. The van der Waals surface area contributed by atoms with Crippen LogP contribution in [0, 0.1) is 11.2 Å². The first-order chi connectivity index (χ1) is 11.9. The summed E-state index contributed by atoms with van der Waals surface area (Å²) in [5.74, 6) is 0.369. The normalized spacial score (nSPS) is 12.9. The predicted molar refractivity (Wildman–Crippen MR) is 105 cm³/mol. The minimum atomic E-state index is -0.266. The highest BCUT2D eigenvalue weighted by Crippen LogP contribution is 2.44. The number of alkyl halides is 1. The molecule has 0 amide bonds. The lowest BCUT2D eigenvalue weighted by atomic mass is 9.77. The van der Waals surface area contributed by atoms with E-state index in [9.17, 15) is 4.39 Å². The summed E-state index contributed by atoms with van der Waals surface area (Å²) in [5.41, 5.74) is 3.43. The molecule has 2 aromatic carbocycles. The molecule has 0 radical (unpaired) electrons. The van der Waals surface area contributed by atoms with Gasteiger partial charge >= 0.3 is 0 Å². The van der Waals surface area contributed by atoms with Gasteiger partial charge in [0.15, 0.2) is 0 Å². The van der Waals surface area contributed by atoms with Crippen LogP contribution in [0.15, 0.2) is 36.4 Å². The van der Waals surface area contributed by atoms with Gasteiger partial charge in [0.25, 0.3) is 0 Å². The van der Waals surface area contributed by atoms with Crippen LogP contribution in [0.4, 0.5) is 4.39 Å². The van der Waals surface area contributed by atoms with E-state index in [-0.39, 0.29) is 17.3 Å². The SMILES string of the molecule is CCC(C)(C)C(OC)c1cc(CBr)ccc1-c1cc(OC)ccc1F. The molecule has 0 aliphatic rings. The second kappa shape index (κ2) is 8.33. The van der Waals surface area contributed by atoms with Gasteiger partial charge in [-0.3, -0.25) is 0 Å². The molecule has 0 bridgehead atoms. The molecule has 2 aromatic rings. The van der Waals surface area contributed by atoms with Gasteiger partial charge in [-0.25, -0.2) is 4.39 Å². The summed E-state index contributed by atoms with van der Waals surface area (Å²) in [7, 11) is 3.30. The largest absolute Gasteiger partial charge is 0.497 e. The van der Waals surface area contributed by atoms with Crippen molar-refractivity contribution in [3.63, 3.8) is 0 Å². The van der Waals surface area contributed by atoms with Crippen LogP contribution in [0.3, 0.4) is 0 Å². The maximum atomic E-state index is 14.6. The summed E-state index contributed by atoms with van der Waals surface area (Å²) in [6.45, 7) is 6.49. The van der Waals surface area contributed by atoms with Crippen LogP contribution in [0.25, 0.3) is 11.1 Å². The lowest BCUT2D eigenvalue weighted by Gasteiger charge is -2.34. The molecule has 0 saturated carbocycles. The van der Waals surface area contributed by atoms with Gasteiger partial charge in [-0.05, 0) is 46.7 Å². The lowest BCUT2D eigenvalue weighted by molar-refractivity contribution is 0.00328. The summed E-state index contributed by atoms with van der Waals surface area (Å²) in [6.07, 6.45) is 0.807. The molecular weight excluding hydrogens is 383 g/mol. The fourth-order valence-electron chi connectivity index (χ4n) is 3.05. The Hall–Kier alpha value is -1.39. The summed E-state index contributed by atoms with van der Waals surface area (Å²) in [6, 6.07) is 10.9. The Kier molecular flexibility index (Phi) is 6.64. The third kappa shape index (κ3) is 4.24. The Labute approximate surface area is 158 Å². The van der Waals surface area contributed by atoms with Crippen molar-refractivity contribution in [1.29, 1.82) is 0 Å². The molecule has 136 valence electrons. The number of hydrogen-bond acceptors (Lipinski definition) is 2. The highest BCUT2D eigenvalue weighted by molar-refractivity contribution is 9.08. The number of halogens is 2. The number of benzene rings is 2. The van der Waals surface area contributed by atoms with E-state index in [4.69, 9.17) is 9.47 Å². The maximum absolute atomic E-state index is 14.6. The molecule has 0 aromatic heterocycles.